The highest BCUT2D eigenvalue weighted by Gasteiger charge is 2.10. The van der Waals surface area contributed by atoms with Crippen LogP contribution in [0.15, 0.2) is 0 Å². The van der Waals surface area contributed by atoms with Crippen molar-refractivity contribution in [2.75, 3.05) is 26.7 Å². The molecule has 5 nitrogen and oxygen atoms in total. The molecule has 0 aromatic heterocycles. The second-order valence-corrected chi connectivity index (χ2v) is 4.65. The molecule has 0 aromatic rings. The van der Waals surface area contributed by atoms with Gasteiger partial charge in [-0.1, -0.05) is 0 Å². The first-order chi connectivity index (χ1) is 6.85. The fourth-order valence-corrected chi connectivity index (χ4v) is 1.08. The van der Waals surface area contributed by atoms with Crippen LogP contribution in [0.5, 0.6) is 0 Å². The van der Waals surface area contributed by atoms with Crippen LogP contribution < -0.4 is 11.1 Å². The number of hydrogen-bond acceptors (Lipinski definition) is 5. The van der Waals surface area contributed by atoms with Crippen LogP contribution in [0.25, 0.3) is 0 Å². The Balaban J connectivity index is 0.000000265. The molecule has 3 N–H and O–H groups in total. The lowest BCUT2D eigenvalue weighted by atomic mass is 10.2. The summed E-state index contributed by atoms with van der Waals surface area (Å²) in [5.74, 6) is 0. The van der Waals surface area contributed by atoms with Crippen molar-refractivity contribution in [1.29, 1.82) is 0 Å². The van der Waals surface area contributed by atoms with Crippen molar-refractivity contribution in [1.82, 2.24) is 10.2 Å². The minimum absolute atomic E-state index is 0.189. The van der Waals surface area contributed by atoms with Crippen molar-refractivity contribution >= 4 is 6.47 Å². The lowest BCUT2D eigenvalue weighted by Crippen LogP contribution is -2.53. The van der Waals surface area contributed by atoms with Crippen molar-refractivity contribution in [2.45, 2.75) is 32.5 Å². The monoisotopic (exact) mass is 217 g/mol. The SMILES string of the molecule is CC(C)(C)OC=O.CN1CCNC(N)C1. The molecular formula is C10H23N3O2. The maximum absolute atomic E-state index is 9.60. The van der Waals surface area contributed by atoms with Crippen LogP contribution in [-0.4, -0.2) is 49.8 Å². The van der Waals surface area contributed by atoms with Crippen LogP contribution in [0.3, 0.4) is 0 Å². The summed E-state index contributed by atoms with van der Waals surface area (Å²) in [5.41, 5.74) is 5.25. The van der Waals surface area contributed by atoms with Gasteiger partial charge in [-0.15, -0.1) is 0 Å². The van der Waals surface area contributed by atoms with Gasteiger partial charge < -0.3 is 15.4 Å². The van der Waals surface area contributed by atoms with E-state index in [1.54, 1.807) is 0 Å². The Labute approximate surface area is 91.9 Å². The second kappa shape index (κ2) is 6.76. The van der Waals surface area contributed by atoms with Crippen molar-refractivity contribution in [3.05, 3.63) is 0 Å². The van der Waals surface area contributed by atoms with Crippen LogP contribution in [0.2, 0.25) is 0 Å². The molecule has 1 atom stereocenters. The summed E-state index contributed by atoms with van der Waals surface area (Å²) in [5, 5.41) is 3.15. The first-order valence-corrected chi connectivity index (χ1v) is 5.14. The Hall–Kier alpha value is -0.650. The van der Waals surface area contributed by atoms with Gasteiger partial charge in [0.2, 0.25) is 0 Å². The van der Waals surface area contributed by atoms with E-state index in [4.69, 9.17) is 5.73 Å². The molecule has 1 unspecified atom stereocenters. The molecule has 0 saturated carbocycles. The predicted molar refractivity (Wildman–Crippen MR) is 60.4 cm³/mol. The van der Waals surface area contributed by atoms with E-state index in [9.17, 15) is 4.79 Å². The number of nitrogens with one attached hydrogen (secondary N) is 1. The fraction of sp³-hybridized carbons (Fsp3) is 0.900. The molecule has 1 aliphatic heterocycles. The average Bonchev–Trinajstić information content (AvgIpc) is 2.01. The number of carbonyl (C=O) groups is 1. The summed E-state index contributed by atoms with van der Waals surface area (Å²) in [6, 6.07) is 0. The number of carbonyl (C=O) groups excluding carboxylic acids is 1. The van der Waals surface area contributed by atoms with Gasteiger partial charge in [-0.05, 0) is 27.8 Å². The predicted octanol–water partition coefficient (Wildman–Crippen LogP) is -0.236. The zero-order chi connectivity index (χ0) is 11.9. The van der Waals surface area contributed by atoms with Gasteiger partial charge in [-0.2, -0.15) is 0 Å². The molecule has 0 aromatic carbocycles. The van der Waals surface area contributed by atoms with Gasteiger partial charge in [0.15, 0.2) is 0 Å². The van der Waals surface area contributed by atoms with E-state index >= 15 is 0 Å². The quantitative estimate of drug-likeness (QED) is 0.594. The molecule has 1 fully saturated rings. The van der Waals surface area contributed by atoms with E-state index in [2.05, 4.69) is 22.0 Å². The van der Waals surface area contributed by atoms with Gasteiger partial charge in [0.25, 0.3) is 6.47 Å². The highest BCUT2D eigenvalue weighted by molar-refractivity contribution is 5.37. The molecule has 90 valence electrons. The number of nitrogens with zero attached hydrogens (tertiary/aromatic N) is 1. The molecule has 1 rings (SSSR count). The van der Waals surface area contributed by atoms with Crippen molar-refractivity contribution in [2.24, 2.45) is 5.73 Å². The number of rotatable bonds is 1. The normalized spacial score (nSPS) is 22.6. The second-order valence-electron chi connectivity index (χ2n) is 4.65. The van der Waals surface area contributed by atoms with Gasteiger partial charge in [0.05, 0.1) is 6.17 Å². The number of hydrogen-bond donors (Lipinski definition) is 2. The van der Waals surface area contributed by atoms with E-state index in [1.165, 1.54) is 0 Å². The molecule has 5 heteroatoms. The van der Waals surface area contributed by atoms with Crippen LogP contribution in [-0.2, 0) is 9.53 Å². The topological polar surface area (TPSA) is 67.6 Å². The van der Waals surface area contributed by atoms with E-state index in [0.29, 0.717) is 6.47 Å². The summed E-state index contributed by atoms with van der Waals surface area (Å²) >= 11 is 0. The van der Waals surface area contributed by atoms with E-state index in [1.807, 2.05) is 20.8 Å². The van der Waals surface area contributed by atoms with E-state index in [-0.39, 0.29) is 11.8 Å². The Kier molecular flexibility index (Phi) is 6.47. The number of likely N-dealkylation sites (N-methyl/N-ethyl adjacent to an activating group) is 1. The zero-order valence-corrected chi connectivity index (χ0v) is 10.1. The van der Waals surface area contributed by atoms with Gasteiger partial charge in [0.1, 0.15) is 5.60 Å². The smallest absolute Gasteiger partial charge is 0.293 e. The molecule has 1 heterocycles. The molecule has 0 bridgehead atoms. The number of piperazine rings is 1. The van der Waals surface area contributed by atoms with Crippen LogP contribution in [0.4, 0.5) is 0 Å². The Morgan fingerprint density at radius 2 is 2.13 bits per heavy atom. The summed E-state index contributed by atoms with van der Waals surface area (Å²) in [7, 11) is 2.08. The minimum atomic E-state index is -0.318. The van der Waals surface area contributed by atoms with Crippen LogP contribution >= 0.6 is 0 Å². The molecule has 1 saturated heterocycles. The average molecular weight is 217 g/mol. The Morgan fingerprint density at radius 1 is 1.53 bits per heavy atom. The van der Waals surface area contributed by atoms with E-state index < -0.39 is 0 Å². The third kappa shape index (κ3) is 9.65. The summed E-state index contributed by atoms with van der Waals surface area (Å²) in [6.07, 6.45) is 0.189. The third-order valence-corrected chi connectivity index (χ3v) is 1.81. The standard InChI is InChI=1S/C5H13N3.C5H10O2/c1-8-3-2-7-5(6)4-8;1-5(2,3)7-4-6/h5,7H,2-4,6H2,1H3;4H,1-3H3. The number of ether oxygens (including phenoxy) is 1. The van der Waals surface area contributed by atoms with Crippen molar-refractivity contribution < 1.29 is 9.53 Å². The molecule has 1 aliphatic rings. The number of nitrogens with two attached hydrogens (primary N) is 1. The van der Waals surface area contributed by atoms with E-state index in [0.717, 1.165) is 19.6 Å². The highest BCUT2D eigenvalue weighted by atomic mass is 16.5. The first-order valence-electron chi connectivity index (χ1n) is 5.14. The molecule has 0 radical (unpaired) electrons. The first kappa shape index (κ1) is 14.3. The fourth-order valence-electron chi connectivity index (χ4n) is 1.08. The van der Waals surface area contributed by atoms with Gasteiger partial charge in [-0.25, -0.2) is 0 Å². The Morgan fingerprint density at radius 3 is 2.33 bits per heavy atom. The van der Waals surface area contributed by atoms with Crippen molar-refractivity contribution in [3.63, 3.8) is 0 Å². The molecule has 0 aliphatic carbocycles. The Bertz CT molecular complexity index is 172. The third-order valence-electron chi connectivity index (χ3n) is 1.81. The maximum Gasteiger partial charge on any atom is 0.293 e. The molecule has 0 amide bonds. The summed E-state index contributed by atoms with van der Waals surface area (Å²) < 4.78 is 4.55. The lowest BCUT2D eigenvalue weighted by molar-refractivity contribution is -0.138. The van der Waals surface area contributed by atoms with Gasteiger partial charge in [0, 0.05) is 19.6 Å². The molecule has 0 spiro atoms. The highest BCUT2D eigenvalue weighted by Crippen LogP contribution is 2.02. The van der Waals surface area contributed by atoms with Crippen LogP contribution in [0.1, 0.15) is 20.8 Å². The summed E-state index contributed by atoms with van der Waals surface area (Å²) in [4.78, 5) is 11.8. The minimum Gasteiger partial charge on any atom is -0.462 e. The molecule has 15 heavy (non-hydrogen) atoms. The lowest BCUT2D eigenvalue weighted by Gasteiger charge is -2.27. The largest absolute Gasteiger partial charge is 0.462 e. The summed E-state index contributed by atoms with van der Waals surface area (Å²) in [6.45, 7) is 9.04. The van der Waals surface area contributed by atoms with Crippen LogP contribution in [0, 0.1) is 0 Å². The van der Waals surface area contributed by atoms with Gasteiger partial charge >= 0.3 is 0 Å². The maximum atomic E-state index is 9.60. The zero-order valence-electron chi connectivity index (χ0n) is 10.1. The molecular weight excluding hydrogens is 194 g/mol. The van der Waals surface area contributed by atoms with Gasteiger partial charge in [-0.3, -0.25) is 10.1 Å². The van der Waals surface area contributed by atoms with Crippen molar-refractivity contribution in [3.8, 4) is 0 Å².